The second-order valence-corrected chi connectivity index (χ2v) is 6.17. The van der Waals surface area contributed by atoms with Crippen molar-refractivity contribution in [2.24, 2.45) is 0 Å². The SMILES string of the molecule is O=C(O)/C=C/c1cccc2c1C[C@@H](CCCCc1ccccc1)O2. The van der Waals surface area contributed by atoms with E-state index in [1.165, 1.54) is 11.6 Å². The monoisotopic (exact) mass is 322 g/mol. The predicted molar refractivity (Wildman–Crippen MR) is 95.2 cm³/mol. The summed E-state index contributed by atoms with van der Waals surface area (Å²) >= 11 is 0. The van der Waals surface area contributed by atoms with Crippen LogP contribution in [0.1, 0.15) is 36.0 Å². The highest BCUT2D eigenvalue weighted by molar-refractivity contribution is 5.85. The van der Waals surface area contributed by atoms with Crippen molar-refractivity contribution in [2.45, 2.75) is 38.2 Å². The van der Waals surface area contributed by atoms with Gasteiger partial charge in [0.1, 0.15) is 11.9 Å². The summed E-state index contributed by atoms with van der Waals surface area (Å²) in [5, 5.41) is 8.79. The molecule has 0 aromatic heterocycles. The van der Waals surface area contributed by atoms with Crippen molar-refractivity contribution in [1.29, 1.82) is 0 Å². The molecule has 3 nitrogen and oxygen atoms in total. The van der Waals surface area contributed by atoms with E-state index in [9.17, 15) is 4.79 Å². The fraction of sp³-hybridized carbons (Fsp3) is 0.286. The van der Waals surface area contributed by atoms with Crippen LogP contribution in [-0.4, -0.2) is 17.2 Å². The number of aryl methyl sites for hydroxylation is 1. The first-order valence-corrected chi connectivity index (χ1v) is 8.46. The Morgan fingerprint density at radius 2 is 1.96 bits per heavy atom. The third-order valence-electron chi connectivity index (χ3n) is 4.38. The maximum Gasteiger partial charge on any atom is 0.328 e. The number of fused-ring (bicyclic) bond motifs is 1. The number of unbranched alkanes of at least 4 members (excludes halogenated alkanes) is 1. The standard InChI is InChI=1S/C21H22O3/c22-21(23)14-13-17-10-6-12-20-19(17)15-18(24-20)11-5-4-9-16-7-2-1-3-8-16/h1-3,6-8,10,12-14,18H,4-5,9,11,15H2,(H,22,23)/b14-13+/t18-/m1/s1. The van der Waals surface area contributed by atoms with Crippen LogP contribution in [0.3, 0.4) is 0 Å². The fourth-order valence-electron chi connectivity index (χ4n) is 3.18. The normalized spacial score (nSPS) is 16.1. The van der Waals surface area contributed by atoms with Gasteiger partial charge in [-0.1, -0.05) is 42.5 Å². The van der Waals surface area contributed by atoms with Gasteiger partial charge in [0, 0.05) is 18.1 Å². The van der Waals surface area contributed by atoms with Gasteiger partial charge in [-0.2, -0.15) is 0 Å². The van der Waals surface area contributed by atoms with E-state index >= 15 is 0 Å². The molecule has 0 spiro atoms. The van der Waals surface area contributed by atoms with Crippen molar-refractivity contribution < 1.29 is 14.6 Å². The lowest BCUT2D eigenvalue weighted by Gasteiger charge is -2.10. The molecule has 0 saturated carbocycles. The summed E-state index contributed by atoms with van der Waals surface area (Å²) in [7, 11) is 0. The van der Waals surface area contributed by atoms with Crippen molar-refractivity contribution >= 4 is 12.0 Å². The Labute approximate surface area is 142 Å². The third kappa shape index (κ3) is 4.25. The lowest BCUT2D eigenvalue weighted by Crippen LogP contribution is -2.12. The first-order valence-electron chi connectivity index (χ1n) is 8.46. The molecule has 24 heavy (non-hydrogen) atoms. The highest BCUT2D eigenvalue weighted by atomic mass is 16.5. The van der Waals surface area contributed by atoms with Gasteiger partial charge in [0.15, 0.2) is 0 Å². The van der Waals surface area contributed by atoms with E-state index in [1.54, 1.807) is 6.08 Å². The third-order valence-corrected chi connectivity index (χ3v) is 4.38. The van der Waals surface area contributed by atoms with E-state index in [0.717, 1.165) is 49.0 Å². The van der Waals surface area contributed by atoms with Gasteiger partial charge in [-0.15, -0.1) is 0 Å². The molecule has 124 valence electrons. The van der Waals surface area contributed by atoms with E-state index in [4.69, 9.17) is 9.84 Å². The van der Waals surface area contributed by atoms with Crippen LogP contribution in [0, 0.1) is 0 Å². The van der Waals surface area contributed by atoms with Gasteiger partial charge in [0.05, 0.1) is 0 Å². The van der Waals surface area contributed by atoms with Crippen LogP contribution in [-0.2, 0) is 17.6 Å². The average molecular weight is 322 g/mol. The molecule has 3 rings (SSSR count). The van der Waals surface area contributed by atoms with E-state index in [0.29, 0.717) is 0 Å². The van der Waals surface area contributed by atoms with Crippen molar-refractivity contribution in [2.75, 3.05) is 0 Å². The second-order valence-electron chi connectivity index (χ2n) is 6.17. The number of carboxylic acid groups (broad SMARTS) is 1. The van der Waals surface area contributed by atoms with Crippen molar-refractivity contribution in [3.8, 4) is 5.75 Å². The van der Waals surface area contributed by atoms with Crippen LogP contribution in [0.4, 0.5) is 0 Å². The van der Waals surface area contributed by atoms with Crippen molar-refractivity contribution in [3.63, 3.8) is 0 Å². The molecule has 1 atom stereocenters. The molecule has 2 aromatic carbocycles. The van der Waals surface area contributed by atoms with Gasteiger partial charge in [0.2, 0.25) is 0 Å². The van der Waals surface area contributed by atoms with Gasteiger partial charge in [0.25, 0.3) is 0 Å². The first-order chi connectivity index (χ1) is 11.7. The highest BCUT2D eigenvalue weighted by Crippen LogP contribution is 2.33. The Bertz CT molecular complexity index is 719. The molecule has 1 aliphatic rings. The van der Waals surface area contributed by atoms with Crippen LogP contribution >= 0.6 is 0 Å². The van der Waals surface area contributed by atoms with E-state index < -0.39 is 5.97 Å². The zero-order valence-corrected chi connectivity index (χ0v) is 13.7. The van der Waals surface area contributed by atoms with Gasteiger partial charge >= 0.3 is 5.97 Å². The molecule has 0 unspecified atom stereocenters. The minimum Gasteiger partial charge on any atom is -0.490 e. The molecule has 0 fully saturated rings. The quantitative estimate of drug-likeness (QED) is 0.603. The molecule has 2 aromatic rings. The molecule has 0 saturated heterocycles. The maximum absolute atomic E-state index is 10.7. The summed E-state index contributed by atoms with van der Waals surface area (Å²) < 4.78 is 6.03. The summed E-state index contributed by atoms with van der Waals surface area (Å²) in [6, 6.07) is 16.4. The Morgan fingerprint density at radius 3 is 2.75 bits per heavy atom. The topological polar surface area (TPSA) is 46.5 Å². The molecule has 0 amide bonds. The lowest BCUT2D eigenvalue weighted by atomic mass is 9.99. The van der Waals surface area contributed by atoms with E-state index in [-0.39, 0.29) is 6.10 Å². The van der Waals surface area contributed by atoms with Crippen molar-refractivity contribution in [1.82, 2.24) is 0 Å². The van der Waals surface area contributed by atoms with E-state index in [2.05, 4.69) is 24.3 Å². The molecular weight excluding hydrogens is 300 g/mol. The highest BCUT2D eigenvalue weighted by Gasteiger charge is 2.24. The second kappa shape index (κ2) is 7.82. The van der Waals surface area contributed by atoms with E-state index in [1.807, 2.05) is 24.3 Å². The summed E-state index contributed by atoms with van der Waals surface area (Å²) in [6.45, 7) is 0. The largest absolute Gasteiger partial charge is 0.490 e. The summed E-state index contributed by atoms with van der Waals surface area (Å²) in [5.74, 6) is -0.0282. The molecule has 1 N–H and O–H groups in total. The number of aliphatic carboxylic acids is 1. The number of carboxylic acids is 1. The molecule has 0 radical (unpaired) electrons. The zero-order valence-electron chi connectivity index (χ0n) is 13.7. The molecular formula is C21H22O3. The number of hydrogen-bond donors (Lipinski definition) is 1. The predicted octanol–water partition coefficient (Wildman–Crippen LogP) is 4.50. The number of benzene rings is 2. The smallest absolute Gasteiger partial charge is 0.328 e. The Balaban J connectivity index is 1.51. The average Bonchev–Trinajstić information content (AvgIpc) is 3.01. The van der Waals surface area contributed by atoms with Gasteiger partial charge in [-0.3, -0.25) is 0 Å². The number of ether oxygens (including phenoxy) is 1. The molecule has 0 bridgehead atoms. The number of rotatable bonds is 7. The maximum atomic E-state index is 10.7. The van der Waals surface area contributed by atoms with Crippen LogP contribution < -0.4 is 4.74 Å². The fourth-order valence-corrected chi connectivity index (χ4v) is 3.18. The molecule has 1 aliphatic heterocycles. The minimum absolute atomic E-state index is 0.204. The zero-order chi connectivity index (χ0) is 16.8. The Hall–Kier alpha value is -2.55. The Kier molecular flexibility index (Phi) is 5.32. The van der Waals surface area contributed by atoms with Crippen LogP contribution in [0.25, 0.3) is 6.08 Å². The molecule has 3 heteroatoms. The van der Waals surface area contributed by atoms with Gasteiger partial charge in [-0.05, 0) is 49.0 Å². The summed E-state index contributed by atoms with van der Waals surface area (Å²) in [4.78, 5) is 10.7. The summed E-state index contributed by atoms with van der Waals surface area (Å²) in [5.41, 5.74) is 3.46. The molecule has 1 heterocycles. The van der Waals surface area contributed by atoms with Crippen molar-refractivity contribution in [3.05, 3.63) is 71.3 Å². The van der Waals surface area contributed by atoms with Gasteiger partial charge < -0.3 is 9.84 Å². The minimum atomic E-state index is -0.927. The summed E-state index contributed by atoms with van der Waals surface area (Å²) in [6.07, 6.45) is 8.33. The van der Waals surface area contributed by atoms with Crippen LogP contribution in [0.2, 0.25) is 0 Å². The molecule has 0 aliphatic carbocycles. The van der Waals surface area contributed by atoms with Gasteiger partial charge in [-0.25, -0.2) is 4.79 Å². The van der Waals surface area contributed by atoms with Crippen LogP contribution in [0.15, 0.2) is 54.6 Å². The lowest BCUT2D eigenvalue weighted by molar-refractivity contribution is -0.131. The number of carbonyl (C=O) groups is 1. The first kappa shape index (κ1) is 16.3. The number of hydrogen-bond acceptors (Lipinski definition) is 2. The Morgan fingerprint density at radius 1 is 1.12 bits per heavy atom. The van der Waals surface area contributed by atoms with Crippen LogP contribution in [0.5, 0.6) is 5.75 Å².